The second-order valence-electron chi connectivity index (χ2n) is 25.2. The Bertz CT molecular complexity index is 2900. The van der Waals surface area contributed by atoms with E-state index >= 15 is 0 Å². The van der Waals surface area contributed by atoms with Gasteiger partial charge in [0, 0.05) is 75.0 Å². The van der Waals surface area contributed by atoms with E-state index in [4.69, 9.17) is 11.5 Å². The fraction of sp³-hybridized carbons (Fsp3) is 0.591. The van der Waals surface area contributed by atoms with Crippen LogP contribution in [0.4, 0.5) is 0 Å². The van der Waals surface area contributed by atoms with Crippen molar-refractivity contribution in [3.63, 3.8) is 0 Å². The van der Waals surface area contributed by atoms with Gasteiger partial charge >= 0.3 is 17.9 Å². The predicted octanol–water partition coefficient (Wildman–Crippen LogP) is 3.12. The van der Waals surface area contributed by atoms with Gasteiger partial charge in [0.2, 0.25) is 41.4 Å². The number of hydrogen-bond donors (Lipinski definition) is 11. The molecule has 26 heteroatoms. The van der Waals surface area contributed by atoms with E-state index in [0.717, 1.165) is 0 Å². The smallest absolute Gasteiger partial charge is 0.304 e. The molecule has 7 amide bonds. The standard InChI is InChI=1S/C66H95N7O19/c1-35(2)24-48(70-66(92)46(33-55(67)80)32-54(79)60(37(5)6)73-64(90)43(27-40(9)74)20-22-56(81)82)50(75)26-39(8)63(89)72-59(36(3)4)53(78)31-45(28-41-16-12-10-13-17-41)65(91)71-49(29-42-18-14-11-15-19-42)51(76)25-38(7)62(88)69-47(21-23-57(83)84)52(77)30-44(61(68)87)34-58(85)86/h10-19,35-39,43-50,59-60,75H,20-34H2,1-9H3,(H2,67,80)(H2,68,87)(H,69,88)(H,70,92)(H,71,91)(H,72,89)(H,73,90)(H,81,82)(H,83,84)(H,85,86)/t38-,39-,43-,44+,45-,46+,47+,48+,49+,50+,59+,60+/m1/s1. The second kappa shape index (κ2) is 39.7. The maximum atomic E-state index is 14.7. The van der Waals surface area contributed by atoms with Crippen molar-refractivity contribution in [1.29, 1.82) is 0 Å². The van der Waals surface area contributed by atoms with E-state index in [1.807, 2.05) is 13.8 Å². The highest BCUT2D eigenvalue weighted by atomic mass is 16.4. The molecular formula is C66H95N7O19. The number of primary amides is 2. The van der Waals surface area contributed by atoms with Gasteiger partial charge in [-0.1, -0.05) is 116 Å². The summed E-state index contributed by atoms with van der Waals surface area (Å²) in [7, 11) is 0. The van der Waals surface area contributed by atoms with Crippen LogP contribution in [0.5, 0.6) is 0 Å². The molecule has 0 heterocycles. The summed E-state index contributed by atoms with van der Waals surface area (Å²) >= 11 is 0. The van der Waals surface area contributed by atoms with E-state index in [-0.39, 0.29) is 50.2 Å². The third kappa shape index (κ3) is 29.6. The lowest BCUT2D eigenvalue weighted by Crippen LogP contribution is -2.51. The number of carbonyl (C=O) groups excluding carboxylic acids is 12. The van der Waals surface area contributed by atoms with Crippen molar-refractivity contribution in [2.24, 2.45) is 64.7 Å². The van der Waals surface area contributed by atoms with Gasteiger partial charge in [0.25, 0.3) is 0 Å². The van der Waals surface area contributed by atoms with Gasteiger partial charge in [-0.2, -0.15) is 0 Å². The first-order chi connectivity index (χ1) is 43.0. The summed E-state index contributed by atoms with van der Waals surface area (Å²) in [6.07, 6.45) is -7.19. The fourth-order valence-electron chi connectivity index (χ4n) is 10.6. The fourth-order valence-corrected chi connectivity index (χ4v) is 10.6. The summed E-state index contributed by atoms with van der Waals surface area (Å²) in [6, 6.07) is 11.0. The summed E-state index contributed by atoms with van der Waals surface area (Å²) in [5, 5.41) is 53.0. The van der Waals surface area contributed by atoms with E-state index in [0.29, 0.717) is 11.1 Å². The van der Waals surface area contributed by atoms with Crippen molar-refractivity contribution < 1.29 is 92.3 Å². The highest BCUT2D eigenvalue weighted by Gasteiger charge is 2.38. The number of aliphatic hydroxyl groups is 1. The Morgan fingerprint density at radius 3 is 1.35 bits per heavy atom. The molecule has 0 bridgehead atoms. The molecule has 0 saturated carbocycles. The van der Waals surface area contributed by atoms with Gasteiger partial charge in [0.05, 0.1) is 54.6 Å². The Labute approximate surface area is 536 Å². The van der Waals surface area contributed by atoms with Crippen molar-refractivity contribution in [1.82, 2.24) is 26.6 Å². The van der Waals surface area contributed by atoms with Crippen LogP contribution in [-0.2, 0) is 84.8 Å². The molecule has 0 fully saturated rings. The number of benzene rings is 2. The van der Waals surface area contributed by atoms with Crippen LogP contribution in [0.1, 0.15) is 157 Å². The van der Waals surface area contributed by atoms with Crippen molar-refractivity contribution in [3.8, 4) is 0 Å². The summed E-state index contributed by atoms with van der Waals surface area (Å²) in [5.41, 5.74) is 12.1. The molecule has 92 heavy (non-hydrogen) atoms. The molecule has 0 spiro atoms. The van der Waals surface area contributed by atoms with Crippen molar-refractivity contribution in [3.05, 3.63) is 71.8 Å². The number of aliphatic hydroxyl groups excluding tert-OH is 1. The molecule has 0 aromatic heterocycles. The number of amides is 7. The number of rotatable bonds is 46. The lowest BCUT2D eigenvalue weighted by molar-refractivity contribution is -0.141. The van der Waals surface area contributed by atoms with E-state index in [1.165, 1.54) is 20.8 Å². The van der Waals surface area contributed by atoms with Gasteiger partial charge in [0.15, 0.2) is 23.1 Å². The number of ketones is 5. The number of carboxylic acids is 3. The molecule has 13 N–H and O–H groups in total. The minimum atomic E-state index is -1.50. The molecule has 508 valence electrons. The Balaban J connectivity index is 2.41. The van der Waals surface area contributed by atoms with Gasteiger partial charge in [0.1, 0.15) is 5.78 Å². The van der Waals surface area contributed by atoms with Crippen LogP contribution in [0.2, 0.25) is 0 Å². The zero-order valence-corrected chi connectivity index (χ0v) is 54.1. The minimum absolute atomic E-state index is 0.00915. The molecule has 2 aromatic carbocycles. The first kappa shape index (κ1) is 79.5. The number of hydrogen-bond acceptors (Lipinski definition) is 16. The van der Waals surface area contributed by atoms with E-state index in [2.05, 4.69) is 26.6 Å². The Morgan fingerprint density at radius 2 is 0.870 bits per heavy atom. The lowest BCUT2D eigenvalue weighted by Gasteiger charge is -2.30. The third-order valence-corrected chi connectivity index (χ3v) is 15.8. The summed E-state index contributed by atoms with van der Waals surface area (Å²) in [4.78, 5) is 197. The van der Waals surface area contributed by atoms with Gasteiger partial charge < -0.3 is 63.3 Å². The average molecular weight is 1290 g/mol. The number of carbonyl (C=O) groups is 15. The molecule has 0 unspecified atom stereocenters. The number of carboxylic acid groups (broad SMARTS) is 3. The molecule has 0 saturated heterocycles. The normalized spacial score (nSPS) is 15.3. The van der Waals surface area contributed by atoms with Crippen molar-refractivity contribution in [2.75, 3.05) is 0 Å². The minimum Gasteiger partial charge on any atom is -0.481 e. The van der Waals surface area contributed by atoms with Crippen LogP contribution in [0.3, 0.4) is 0 Å². The number of nitrogens with one attached hydrogen (secondary N) is 5. The molecule has 0 aliphatic rings. The molecule has 2 rings (SSSR count). The molecular weight excluding hydrogens is 1190 g/mol. The SMILES string of the molecule is CC(=O)C[C@@H](CCC(=O)O)C(=O)N[C@H](C(=O)C[C@@H](CC(N)=O)C(=O)N[C@@H](CC(C)C)[C@@H](O)C[C@@H](C)C(=O)N[C@H](C(=O)C[C@@H](Cc1ccccc1)C(=O)N[C@@H](Cc1ccccc1)C(=O)C[C@@H](C)C(=O)N[C@@H](CCC(=O)O)C(=O)C[C@@H](CC(=O)O)C(N)=O)C(C)C)C(C)C. The van der Waals surface area contributed by atoms with Crippen LogP contribution in [0.15, 0.2) is 60.7 Å². The summed E-state index contributed by atoms with van der Waals surface area (Å²) in [5.74, 6) is -21.4. The van der Waals surface area contributed by atoms with Crippen LogP contribution in [-0.4, -0.2) is 145 Å². The van der Waals surface area contributed by atoms with E-state index < -0.39 is 224 Å². The molecule has 0 radical (unpaired) electrons. The first-order valence-corrected chi connectivity index (χ1v) is 31.1. The van der Waals surface area contributed by atoms with Crippen molar-refractivity contribution in [2.45, 2.75) is 195 Å². The van der Waals surface area contributed by atoms with E-state index in [1.54, 1.807) is 88.4 Å². The van der Waals surface area contributed by atoms with Gasteiger partial charge in [-0.25, -0.2) is 0 Å². The van der Waals surface area contributed by atoms with Gasteiger partial charge in [-0.15, -0.1) is 0 Å². The molecule has 0 aliphatic carbocycles. The van der Waals surface area contributed by atoms with Crippen LogP contribution in [0, 0.1) is 53.3 Å². The largest absolute Gasteiger partial charge is 0.481 e. The Kier molecular flexibility index (Phi) is 34.3. The van der Waals surface area contributed by atoms with E-state index in [9.17, 15) is 92.3 Å². The van der Waals surface area contributed by atoms with Crippen LogP contribution in [0.25, 0.3) is 0 Å². The topological polar surface area (TPSA) is 449 Å². The Hall–Kier alpha value is -8.55. The monoisotopic (exact) mass is 1290 g/mol. The molecule has 26 nitrogen and oxygen atoms in total. The lowest BCUT2D eigenvalue weighted by atomic mass is 9.87. The number of Topliss-reactive ketones (excluding diaryl/α,β-unsaturated/α-hetero) is 5. The second-order valence-corrected chi connectivity index (χ2v) is 25.2. The first-order valence-electron chi connectivity index (χ1n) is 31.1. The number of nitrogens with two attached hydrogens (primary N) is 2. The van der Waals surface area contributed by atoms with Crippen LogP contribution < -0.4 is 38.1 Å². The quantitative estimate of drug-likeness (QED) is 0.0453. The Morgan fingerprint density at radius 1 is 0.424 bits per heavy atom. The summed E-state index contributed by atoms with van der Waals surface area (Å²) < 4.78 is 0. The van der Waals surface area contributed by atoms with Crippen molar-refractivity contribution >= 4 is 88.2 Å². The molecule has 0 aliphatic heterocycles. The highest BCUT2D eigenvalue weighted by molar-refractivity contribution is 5.98. The zero-order valence-electron chi connectivity index (χ0n) is 54.1. The third-order valence-electron chi connectivity index (χ3n) is 15.8. The van der Waals surface area contributed by atoms with Gasteiger partial charge in [-0.05, 0) is 74.3 Å². The maximum Gasteiger partial charge on any atom is 0.304 e. The highest BCUT2D eigenvalue weighted by Crippen LogP contribution is 2.24. The summed E-state index contributed by atoms with van der Waals surface area (Å²) in [6.45, 7) is 14.3. The predicted molar refractivity (Wildman–Crippen MR) is 335 cm³/mol. The maximum absolute atomic E-state index is 14.7. The van der Waals surface area contributed by atoms with Gasteiger partial charge in [-0.3, -0.25) is 67.1 Å². The molecule has 2 aromatic rings. The average Bonchev–Trinajstić information content (AvgIpc) is 1.19. The number of aliphatic carboxylic acids is 3. The van der Waals surface area contributed by atoms with Crippen LogP contribution >= 0.6 is 0 Å². The molecule has 12 atom stereocenters. The zero-order chi connectivity index (χ0) is 69.7.